The monoisotopic (exact) mass is 353 g/mol. The Kier molecular flexibility index (Phi) is 3.69. The fraction of sp³-hybridized carbons (Fsp3) is 0.316. The summed E-state index contributed by atoms with van der Waals surface area (Å²) in [6.07, 6.45) is 0. The van der Waals surface area contributed by atoms with E-state index in [2.05, 4.69) is 5.32 Å². The molecule has 2 aliphatic heterocycles. The number of nitro groups is 1. The summed E-state index contributed by atoms with van der Waals surface area (Å²) in [6.45, 7) is 0.416. The van der Waals surface area contributed by atoms with Gasteiger partial charge in [0.25, 0.3) is 11.9 Å². The van der Waals surface area contributed by atoms with Crippen molar-refractivity contribution in [3.8, 4) is 5.75 Å². The third-order valence-electron chi connectivity index (χ3n) is 5.58. The topological polar surface area (TPSA) is 84.7 Å². The maximum Gasteiger partial charge on any atom is 0.256 e. The Morgan fingerprint density at radius 2 is 1.92 bits per heavy atom. The maximum absolute atomic E-state index is 13.0. The number of carbonyl (C=O) groups is 1. The highest BCUT2D eigenvalue weighted by Gasteiger charge is 2.68. The quantitative estimate of drug-likeness (QED) is 0.676. The summed E-state index contributed by atoms with van der Waals surface area (Å²) in [5, 5.41) is 15.0. The van der Waals surface area contributed by atoms with Gasteiger partial charge >= 0.3 is 0 Å². The van der Waals surface area contributed by atoms with Crippen LogP contribution in [0.15, 0.2) is 48.5 Å². The van der Waals surface area contributed by atoms with E-state index in [1.165, 1.54) is 0 Å². The molecule has 7 nitrogen and oxygen atoms in total. The average molecular weight is 353 g/mol. The Balaban J connectivity index is 1.86. The summed E-state index contributed by atoms with van der Waals surface area (Å²) in [6, 6.07) is 13.4. The summed E-state index contributed by atoms with van der Waals surface area (Å²) in [5.74, 6) is -0.0480. The number of anilines is 1. The number of likely N-dealkylation sites (N-methyl/N-ethyl adjacent to an activating group) is 1. The number of carbonyl (C=O) groups excluding carboxylic acids is 1. The average Bonchev–Trinajstić information content (AvgIpc) is 3.11. The van der Waals surface area contributed by atoms with Gasteiger partial charge in [-0.3, -0.25) is 19.8 Å². The van der Waals surface area contributed by atoms with Gasteiger partial charge in [0.05, 0.1) is 13.0 Å². The molecule has 0 aliphatic carbocycles. The molecule has 0 aromatic heterocycles. The summed E-state index contributed by atoms with van der Waals surface area (Å²) in [5.41, 5.74) is 0.843. The molecule has 134 valence electrons. The van der Waals surface area contributed by atoms with Gasteiger partial charge in [0, 0.05) is 22.7 Å². The fourth-order valence-electron chi connectivity index (χ4n) is 4.43. The number of amides is 1. The van der Waals surface area contributed by atoms with E-state index in [0.717, 1.165) is 5.56 Å². The first-order valence-corrected chi connectivity index (χ1v) is 8.39. The highest BCUT2D eigenvalue weighted by molar-refractivity contribution is 6.06. The Hall–Kier alpha value is -2.93. The van der Waals surface area contributed by atoms with E-state index in [0.29, 0.717) is 23.5 Å². The molecular formula is C19H19N3O4. The van der Waals surface area contributed by atoms with E-state index in [1.54, 1.807) is 38.4 Å². The standard InChI is InChI=1S/C19H19N3O4/c1-21-11-14(12-7-9-13(26-2)10-8-12)17(22(24)25)19(21)15-5-3-4-6-16(15)20-18(19)23/h3-10,14,17H,11H2,1-2H3,(H,20,23)/t14-,17+,19+/m0/s1. The molecule has 1 fully saturated rings. The molecule has 2 aromatic carbocycles. The lowest BCUT2D eigenvalue weighted by Gasteiger charge is -2.30. The highest BCUT2D eigenvalue weighted by atomic mass is 16.6. The number of nitrogens with one attached hydrogen (secondary N) is 1. The molecule has 0 saturated carbocycles. The van der Waals surface area contributed by atoms with Crippen LogP contribution in [0.25, 0.3) is 0 Å². The van der Waals surface area contributed by atoms with E-state index >= 15 is 0 Å². The molecule has 26 heavy (non-hydrogen) atoms. The van der Waals surface area contributed by atoms with Crippen LogP contribution in [0.1, 0.15) is 17.0 Å². The number of rotatable bonds is 3. The zero-order valence-electron chi connectivity index (χ0n) is 14.5. The van der Waals surface area contributed by atoms with Crippen LogP contribution >= 0.6 is 0 Å². The number of fused-ring (bicyclic) bond motifs is 2. The zero-order chi connectivity index (χ0) is 18.5. The molecule has 4 rings (SSSR count). The van der Waals surface area contributed by atoms with Gasteiger partial charge < -0.3 is 10.1 Å². The van der Waals surface area contributed by atoms with Gasteiger partial charge in [0.1, 0.15) is 5.75 Å². The molecule has 2 heterocycles. The lowest BCUT2D eigenvalue weighted by Crippen LogP contribution is -2.54. The molecule has 0 bridgehead atoms. The number of hydrogen-bond acceptors (Lipinski definition) is 5. The zero-order valence-corrected chi connectivity index (χ0v) is 14.5. The van der Waals surface area contributed by atoms with Crippen molar-refractivity contribution in [3.63, 3.8) is 0 Å². The van der Waals surface area contributed by atoms with Gasteiger partial charge in [-0.2, -0.15) is 0 Å². The first-order chi connectivity index (χ1) is 12.5. The molecule has 2 aromatic rings. The van der Waals surface area contributed by atoms with E-state index in [9.17, 15) is 14.9 Å². The Labute approximate surface area is 150 Å². The first kappa shape index (κ1) is 16.5. The molecule has 1 saturated heterocycles. The number of nitrogens with zero attached hydrogens (tertiary/aromatic N) is 2. The minimum atomic E-state index is -1.30. The summed E-state index contributed by atoms with van der Waals surface area (Å²) in [4.78, 5) is 26.6. The van der Waals surface area contributed by atoms with Gasteiger partial charge in [-0.05, 0) is 30.8 Å². The minimum absolute atomic E-state index is 0.305. The van der Waals surface area contributed by atoms with E-state index in [-0.39, 0.29) is 10.8 Å². The van der Waals surface area contributed by atoms with Crippen molar-refractivity contribution in [2.45, 2.75) is 17.5 Å². The second-order valence-corrected chi connectivity index (χ2v) is 6.76. The number of methoxy groups -OCH3 is 1. The number of ether oxygens (including phenoxy) is 1. The van der Waals surface area contributed by atoms with Crippen LogP contribution in [0.4, 0.5) is 5.69 Å². The summed E-state index contributed by atoms with van der Waals surface area (Å²) < 4.78 is 5.18. The van der Waals surface area contributed by atoms with Crippen molar-refractivity contribution in [1.82, 2.24) is 4.90 Å². The third-order valence-corrected chi connectivity index (χ3v) is 5.58. The third kappa shape index (κ3) is 2.07. The van der Waals surface area contributed by atoms with Crippen molar-refractivity contribution in [3.05, 3.63) is 69.8 Å². The normalized spacial score (nSPS) is 27.4. The van der Waals surface area contributed by atoms with Gasteiger partial charge in [-0.25, -0.2) is 0 Å². The molecule has 1 spiro atoms. The second kappa shape index (κ2) is 5.81. The SMILES string of the molecule is COc1ccc([C@@H]2CN(C)[C@@]3(C(=O)Nc4ccccc43)[C@@H]2[N+](=O)[O-])cc1. The number of likely N-dealkylation sites (tertiary alicyclic amines) is 1. The van der Waals surface area contributed by atoms with Gasteiger partial charge in [-0.15, -0.1) is 0 Å². The molecule has 0 radical (unpaired) electrons. The molecule has 2 aliphatic rings. The van der Waals surface area contributed by atoms with E-state index < -0.39 is 17.5 Å². The van der Waals surface area contributed by atoms with Gasteiger partial charge in [-0.1, -0.05) is 30.3 Å². The second-order valence-electron chi connectivity index (χ2n) is 6.76. The van der Waals surface area contributed by atoms with Crippen molar-refractivity contribution >= 4 is 11.6 Å². The molecule has 3 atom stereocenters. The molecule has 0 unspecified atom stereocenters. The first-order valence-electron chi connectivity index (χ1n) is 8.39. The predicted molar refractivity (Wildman–Crippen MR) is 95.9 cm³/mol. The van der Waals surface area contributed by atoms with Crippen LogP contribution in [0.2, 0.25) is 0 Å². The molecular weight excluding hydrogens is 334 g/mol. The smallest absolute Gasteiger partial charge is 0.256 e. The molecule has 1 amide bonds. The Bertz CT molecular complexity index is 883. The van der Waals surface area contributed by atoms with Crippen molar-refractivity contribution in [2.24, 2.45) is 0 Å². The Morgan fingerprint density at radius 3 is 2.58 bits per heavy atom. The lowest BCUT2D eigenvalue weighted by molar-refractivity contribution is -0.534. The van der Waals surface area contributed by atoms with Crippen molar-refractivity contribution in [2.75, 3.05) is 26.0 Å². The number of benzene rings is 2. The minimum Gasteiger partial charge on any atom is -0.497 e. The number of para-hydroxylation sites is 1. The number of hydrogen-bond donors (Lipinski definition) is 1. The van der Waals surface area contributed by atoms with Gasteiger partial charge in [0.15, 0.2) is 5.54 Å². The van der Waals surface area contributed by atoms with E-state index in [1.807, 2.05) is 29.2 Å². The summed E-state index contributed by atoms with van der Waals surface area (Å²) in [7, 11) is 3.36. The maximum atomic E-state index is 13.0. The largest absolute Gasteiger partial charge is 0.497 e. The van der Waals surface area contributed by atoms with Crippen LogP contribution in [0, 0.1) is 10.1 Å². The van der Waals surface area contributed by atoms with Crippen LogP contribution < -0.4 is 10.1 Å². The van der Waals surface area contributed by atoms with Crippen LogP contribution in [-0.4, -0.2) is 42.5 Å². The van der Waals surface area contributed by atoms with Crippen molar-refractivity contribution in [1.29, 1.82) is 0 Å². The summed E-state index contributed by atoms with van der Waals surface area (Å²) >= 11 is 0. The fourth-order valence-corrected chi connectivity index (χ4v) is 4.43. The predicted octanol–water partition coefficient (Wildman–Crippen LogP) is 2.22. The molecule has 1 N–H and O–H groups in total. The molecule has 7 heteroatoms. The van der Waals surface area contributed by atoms with Gasteiger partial charge in [0.2, 0.25) is 0 Å². The van der Waals surface area contributed by atoms with Crippen LogP contribution in [0.5, 0.6) is 5.75 Å². The van der Waals surface area contributed by atoms with Crippen molar-refractivity contribution < 1.29 is 14.5 Å². The highest BCUT2D eigenvalue weighted by Crippen LogP contribution is 2.51. The lowest BCUT2D eigenvalue weighted by atomic mass is 9.79. The van der Waals surface area contributed by atoms with E-state index in [4.69, 9.17) is 4.74 Å². The Morgan fingerprint density at radius 1 is 1.23 bits per heavy atom. The van der Waals surface area contributed by atoms with Crippen LogP contribution in [-0.2, 0) is 10.3 Å². The van der Waals surface area contributed by atoms with Crippen LogP contribution in [0.3, 0.4) is 0 Å².